The Kier molecular flexibility index (Phi) is 14.4. The van der Waals surface area contributed by atoms with Gasteiger partial charge in [0, 0.05) is 35.0 Å². The summed E-state index contributed by atoms with van der Waals surface area (Å²) in [5.74, 6) is -1.15. The second kappa shape index (κ2) is 18.4. The van der Waals surface area contributed by atoms with Crippen LogP contribution in [0.1, 0.15) is 60.9 Å². The highest BCUT2D eigenvalue weighted by atomic mass is 32.2. The molecule has 1 spiro atoms. The molecule has 4 atom stereocenters. The van der Waals surface area contributed by atoms with Gasteiger partial charge in [0.2, 0.25) is 23.6 Å². The number of guanidine groups is 1. The summed E-state index contributed by atoms with van der Waals surface area (Å²) in [6.07, 6.45) is 1.08. The topological polar surface area (TPSA) is 258 Å². The van der Waals surface area contributed by atoms with E-state index in [1.165, 1.54) is 23.5 Å². The van der Waals surface area contributed by atoms with Gasteiger partial charge in [0.05, 0.1) is 17.5 Å². The van der Waals surface area contributed by atoms with Crippen LogP contribution in [0.3, 0.4) is 0 Å². The van der Waals surface area contributed by atoms with Crippen LogP contribution in [0.2, 0.25) is 0 Å². The summed E-state index contributed by atoms with van der Waals surface area (Å²) < 4.78 is -0.851. The summed E-state index contributed by atoms with van der Waals surface area (Å²) in [5, 5.41) is 18.6. The number of carbonyl (C=O) groups is 5. The minimum atomic E-state index is -1.26. The summed E-state index contributed by atoms with van der Waals surface area (Å²) in [6.45, 7) is 7.63. The number of fused-ring (bicyclic) bond motifs is 1. The number of nitrogens with two attached hydrogens (primary N) is 4. The van der Waals surface area contributed by atoms with Crippen molar-refractivity contribution in [3.63, 3.8) is 0 Å². The van der Waals surface area contributed by atoms with Crippen molar-refractivity contribution in [3.05, 3.63) is 64.2 Å². The van der Waals surface area contributed by atoms with Crippen LogP contribution in [0.5, 0.6) is 5.75 Å². The summed E-state index contributed by atoms with van der Waals surface area (Å²) in [5.41, 5.74) is 25.9. The number of aromatic hydroxyl groups is 1. The molecule has 1 aliphatic carbocycles. The van der Waals surface area contributed by atoms with Crippen molar-refractivity contribution < 1.29 is 29.1 Å². The van der Waals surface area contributed by atoms with E-state index in [9.17, 15) is 29.1 Å². The number of hydrogen-bond acceptors (Lipinski definition) is 10. The first kappa shape index (κ1) is 42.5. The molecule has 4 amide bonds. The molecule has 14 nitrogen and oxygen atoms in total. The number of primary amides is 1. The number of thioether (sulfide) groups is 2. The molecule has 2 aromatic carbocycles. The van der Waals surface area contributed by atoms with Crippen LogP contribution in [0.15, 0.2) is 41.4 Å². The van der Waals surface area contributed by atoms with Crippen molar-refractivity contribution in [2.75, 3.05) is 23.8 Å². The predicted octanol–water partition coefficient (Wildman–Crippen LogP) is 0.875. The fourth-order valence-corrected chi connectivity index (χ4v) is 9.48. The molecular formula is C38H54N8O6S2. The Morgan fingerprint density at radius 3 is 2.24 bits per heavy atom. The first-order chi connectivity index (χ1) is 25.4. The zero-order valence-corrected chi connectivity index (χ0v) is 33.0. The Balaban J connectivity index is 1.61. The Morgan fingerprint density at radius 2 is 1.65 bits per heavy atom. The molecule has 1 heterocycles. The number of Topliss-reactive ketones (excluding diaryl/α,β-unsaturated/α-hetero) is 1. The third kappa shape index (κ3) is 10.9. The highest BCUT2D eigenvalue weighted by Crippen LogP contribution is 2.42. The van der Waals surface area contributed by atoms with E-state index in [0.717, 1.165) is 27.8 Å². The van der Waals surface area contributed by atoms with Gasteiger partial charge in [-0.1, -0.05) is 24.3 Å². The summed E-state index contributed by atoms with van der Waals surface area (Å²) in [4.78, 5) is 72.9. The van der Waals surface area contributed by atoms with Crippen molar-refractivity contribution in [2.24, 2.45) is 33.3 Å². The number of carbonyl (C=O) groups excluding carboxylic acids is 5. The standard InChI is InChI=1S/C38H54N8O6S2/c1-21-14-25(47)15-22(2)26(21)16-27(39)33(50)45-29-20-53-12-13-54-37(3,4)31(34(51)44-28(32(40)49)10-7-11-43-36(41)42)46-35(52)38(19-30(29)48)17-23-8-5-6-9-24(23)18-38/h5-6,8-9,14-15,27-29,31,47H,7,10-13,16-20,39H2,1-4H3,(H2,40,49)(H,44,51)(H,45,50)(H,46,52)(H4,41,42,43)/t27-,28-,29+,31-/m0/s1. The maximum atomic E-state index is 14.7. The molecule has 1 fully saturated rings. The van der Waals surface area contributed by atoms with Gasteiger partial charge in [0.25, 0.3) is 0 Å². The third-order valence-corrected chi connectivity index (χ3v) is 12.8. The minimum Gasteiger partial charge on any atom is -0.508 e. The predicted molar refractivity (Wildman–Crippen MR) is 214 cm³/mol. The van der Waals surface area contributed by atoms with Crippen molar-refractivity contribution in [3.8, 4) is 5.75 Å². The molecule has 1 aliphatic heterocycles. The lowest BCUT2D eigenvalue weighted by molar-refractivity contribution is -0.139. The van der Waals surface area contributed by atoms with Crippen molar-refractivity contribution >= 4 is 58.9 Å². The molecule has 294 valence electrons. The molecule has 4 rings (SSSR count). The number of hydrogen-bond donors (Lipinski definition) is 8. The summed E-state index contributed by atoms with van der Waals surface area (Å²) >= 11 is 2.96. The van der Waals surface area contributed by atoms with E-state index in [1.807, 2.05) is 52.0 Å². The van der Waals surface area contributed by atoms with E-state index in [0.29, 0.717) is 17.9 Å². The fourth-order valence-electron chi connectivity index (χ4n) is 7.15. The monoisotopic (exact) mass is 782 g/mol. The summed E-state index contributed by atoms with van der Waals surface area (Å²) in [7, 11) is 0. The van der Waals surface area contributed by atoms with Crippen molar-refractivity contribution in [2.45, 2.75) is 95.1 Å². The zero-order chi connectivity index (χ0) is 39.8. The average Bonchev–Trinajstić information content (AvgIpc) is 3.47. The molecule has 1 saturated heterocycles. The van der Waals surface area contributed by atoms with Crippen LogP contribution in [-0.4, -0.2) is 93.2 Å². The largest absolute Gasteiger partial charge is 0.508 e. The number of phenolic OH excluding ortho intramolecular Hbond substituents is 1. The van der Waals surface area contributed by atoms with E-state index < -0.39 is 58.0 Å². The molecule has 0 unspecified atom stereocenters. The van der Waals surface area contributed by atoms with E-state index in [-0.39, 0.29) is 61.9 Å². The van der Waals surface area contributed by atoms with Crippen molar-refractivity contribution in [1.29, 1.82) is 0 Å². The molecule has 0 bridgehead atoms. The van der Waals surface area contributed by atoms with Crippen molar-refractivity contribution in [1.82, 2.24) is 16.0 Å². The van der Waals surface area contributed by atoms with Crippen LogP contribution in [-0.2, 0) is 43.2 Å². The second-order valence-electron chi connectivity index (χ2n) is 14.8. The second-order valence-corrected chi connectivity index (χ2v) is 17.7. The van der Waals surface area contributed by atoms with E-state index >= 15 is 0 Å². The number of phenols is 1. The molecule has 12 N–H and O–H groups in total. The molecule has 2 aromatic rings. The van der Waals surface area contributed by atoms with Gasteiger partial charge in [-0.25, -0.2) is 0 Å². The van der Waals surface area contributed by atoms with Gasteiger partial charge in [-0.15, -0.1) is 0 Å². The SMILES string of the molecule is Cc1cc(O)cc(C)c1C[C@H](N)C(=O)N[C@@H]1CSCCSC(C)(C)[C@H](C(=O)N[C@@H](CCCN=C(N)N)C(N)=O)NC(=O)C2(CC1=O)Cc1ccccc1C2. The smallest absolute Gasteiger partial charge is 0.244 e. The van der Waals surface area contributed by atoms with E-state index in [4.69, 9.17) is 22.9 Å². The molecule has 16 heteroatoms. The lowest BCUT2D eigenvalue weighted by Crippen LogP contribution is -2.62. The Labute approximate surface area is 325 Å². The van der Waals surface area contributed by atoms with Crippen LogP contribution >= 0.6 is 23.5 Å². The maximum absolute atomic E-state index is 14.7. The van der Waals surface area contributed by atoms with E-state index in [2.05, 4.69) is 20.9 Å². The highest BCUT2D eigenvalue weighted by molar-refractivity contribution is 8.03. The maximum Gasteiger partial charge on any atom is 0.244 e. The normalized spacial score (nSPS) is 20.9. The number of amides is 4. The van der Waals surface area contributed by atoms with Gasteiger partial charge in [-0.2, -0.15) is 23.5 Å². The lowest BCUT2D eigenvalue weighted by atomic mass is 9.77. The molecule has 2 aliphatic rings. The third-order valence-electron chi connectivity index (χ3n) is 10.1. The first-order valence-electron chi connectivity index (χ1n) is 18.0. The fraction of sp³-hybridized carbons (Fsp3) is 0.526. The zero-order valence-electron chi connectivity index (χ0n) is 31.4. The van der Waals surface area contributed by atoms with Gasteiger partial charge in [-0.3, -0.25) is 29.0 Å². The molecular weight excluding hydrogens is 729 g/mol. The van der Waals surface area contributed by atoms with Gasteiger partial charge in [0.15, 0.2) is 11.7 Å². The number of nitrogens with zero attached hydrogens (tertiary/aromatic N) is 1. The van der Waals surface area contributed by atoms with Crippen LogP contribution in [0.25, 0.3) is 0 Å². The van der Waals surface area contributed by atoms with Gasteiger partial charge in [0.1, 0.15) is 17.8 Å². The molecule has 0 radical (unpaired) electrons. The Morgan fingerprint density at radius 1 is 1.02 bits per heavy atom. The number of benzene rings is 2. The lowest BCUT2D eigenvalue weighted by Gasteiger charge is -2.37. The molecule has 0 aromatic heterocycles. The highest BCUT2D eigenvalue weighted by Gasteiger charge is 2.49. The number of rotatable bonds is 11. The average molecular weight is 783 g/mol. The Hall–Kier alpha value is -4.28. The quantitative estimate of drug-likeness (QED) is 0.0902. The molecule has 54 heavy (non-hydrogen) atoms. The number of aryl methyl sites for hydroxylation is 2. The van der Waals surface area contributed by atoms with Crippen LogP contribution < -0.4 is 38.9 Å². The van der Waals surface area contributed by atoms with E-state index in [1.54, 1.807) is 12.1 Å². The van der Waals surface area contributed by atoms with Gasteiger partial charge in [-0.05, 0) is 99.7 Å². The number of ketones is 1. The molecule has 0 saturated carbocycles. The number of nitrogens with one attached hydrogen (secondary N) is 3. The van der Waals surface area contributed by atoms with Crippen LogP contribution in [0, 0.1) is 19.3 Å². The first-order valence-corrected chi connectivity index (χ1v) is 20.2. The van der Waals surface area contributed by atoms with Crippen LogP contribution in [0.4, 0.5) is 0 Å². The summed E-state index contributed by atoms with van der Waals surface area (Å²) in [6, 6.07) is 6.82. The van der Waals surface area contributed by atoms with Gasteiger partial charge < -0.3 is 44.0 Å². The minimum absolute atomic E-state index is 0.0900. The number of aliphatic imine (C=N–C) groups is 1. The van der Waals surface area contributed by atoms with Gasteiger partial charge >= 0.3 is 0 Å². The Bertz CT molecular complexity index is 1720.